The molecular formula is C22H24N2O4S. The fraction of sp³-hybridized carbons (Fsp3) is 0.318. The monoisotopic (exact) mass is 412 g/mol. The fourth-order valence-corrected chi connectivity index (χ4v) is 5.45. The molecule has 1 atom stereocenters. The summed E-state index contributed by atoms with van der Waals surface area (Å²) in [5.74, 6) is -0.0506. The van der Waals surface area contributed by atoms with Crippen molar-refractivity contribution in [3.63, 3.8) is 0 Å². The normalized spacial score (nSPS) is 17.4. The molecule has 1 N–H and O–H groups in total. The van der Waals surface area contributed by atoms with Gasteiger partial charge in [-0.25, -0.2) is 12.4 Å². The number of aromatic nitrogens is 1. The zero-order chi connectivity index (χ0) is 20.6. The van der Waals surface area contributed by atoms with Crippen LogP contribution in [0.2, 0.25) is 0 Å². The molecule has 6 nitrogen and oxygen atoms in total. The second-order valence-electron chi connectivity index (χ2n) is 7.49. The van der Waals surface area contributed by atoms with Crippen molar-refractivity contribution in [2.45, 2.75) is 43.7 Å². The number of hydrogen-bond donors (Lipinski definition) is 1. The molecule has 7 heteroatoms. The van der Waals surface area contributed by atoms with Gasteiger partial charge in [-0.1, -0.05) is 35.9 Å². The van der Waals surface area contributed by atoms with E-state index in [0.717, 1.165) is 10.9 Å². The summed E-state index contributed by atoms with van der Waals surface area (Å²) in [6.45, 7) is 2.33. The maximum atomic E-state index is 13.4. The molecule has 0 radical (unpaired) electrons. The van der Waals surface area contributed by atoms with Crippen LogP contribution >= 0.6 is 0 Å². The lowest BCUT2D eigenvalue weighted by atomic mass is 10.2. The van der Waals surface area contributed by atoms with Crippen molar-refractivity contribution < 1.29 is 18.3 Å². The van der Waals surface area contributed by atoms with Gasteiger partial charge >= 0.3 is 0 Å². The lowest BCUT2D eigenvalue weighted by molar-refractivity contribution is -0.133. The lowest BCUT2D eigenvalue weighted by Crippen LogP contribution is -2.33. The van der Waals surface area contributed by atoms with Crippen LogP contribution < -0.4 is 0 Å². The van der Waals surface area contributed by atoms with E-state index in [1.165, 1.54) is 8.87 Å². The number of para-hydroxylation sites is 1. The van der Waals surface area contributed by atoms with Crippen molar-refractivity contribution in [1.82, 2.24) is 8.87 Å². The van der Waals surface area contributed by atoms with Crippen LogP contribution in [0.15, 0.2) is 59.5 Å². The second-order valence-corrected chi connectivity index (χ2v) is 9.27. The number of carbonyl (C=O) groups is 1. The summed E-state index contributed by atoms with van der Waals surface area (Å²) < 4.78 is 28.3. The van der Waals surface area contributed by atoms with Crippen LogP contribution in [0.4, 0.5) is 0 Å². The molecule has 1 aliphatic heterocycles. The van der Waals surface area contributed by atoms with Crippen molar-refractivity contribution >= 4 is 26.8 Å². The molecule has 0 saturated carbocycles. The zero-order valence-corrected chi connectivity index (χ0v) is 17.1. The molecule has 1 saturated heterocycles. The topological polar surface area (TPSA) is 79.6 Å². The zero-order valence-electron chi connectivity index (χ0n) is 16.3. The van der Waals surface area contributed by atoms with Gasteiger partial charge in [-0.05, 0) is 44.0 Å². The van der Waals surface area contributed by atoms with E-state index in [1.54, 1.807) is 30.3 Å². The Hall–Kier alpha value is -2.64. The third kappa shape index (κ3) is 3.68. The molecule has 29 heavy (non-hydrogen) atoms. The molecule has 3 aromatic rings. The van der Waals surface area contributed by atoms with E-state index in [1.807, 2.05) is 31.2 Å². The van der Waals surface area contributed by atoms with E-state index in [4.69, 9.17) is 0 Å². The van der Waals surface area contributed by atoms with Crippen LogP contribution in [0.25, 0.3) is 10.9 Å². The third-order valence-corrected chi connectivity index (χ3v) is 7.21. The van der Waals surface area contributed by atoms with Gasteiger partial charge in [0.15, 0.2) is 0 Å². The van der Waals surface area contributed by atoms with E-state index in [9.17, 15) is 18.3 Å². The van der Waals surface area contributed by atoms with Gasteiger partial charge in [0.2, 0.25) is 5.91 Å². The summed E-state index contributed by atoms with van der Waals surface area (Å²) in [6, 6.07) is 16.1. The quantitative estimate of drug-likeness (QED) is 0.675. The summed E-state index contributed by atoms with van der Waals surface area (Å²) in [7, 11) is -3.75. The van der Waals surface area contributed by atoms with Gasteiger partial charge in [-0.15, -0.1) is 0 Å². The van der Waals surface area contributed by atoms with Crippen LogP contribution in [0.3, 0.4) is 0 Å². The largest absolute Gasteiger partial charge is 0.374 e. The van der Waals surface area contributed by atoms with E-state index in [-0.39, 0.29) is 10.8 Å². The number of nitrogens with zero attached hydrogens (tertiary/aromatic N) is 2. The molecule has 4 rings (SSSR count). The Balaban J connectivity index is 1.68. The lowest BCUT2D eigenvalue weighted by Gasteiger charge is -2.20. The number of aliphatic hydroxyl groups is 1. The first-order chi connectivity index (χ1) is 13.9. The first kappa shape index (κ1) is 19.7. The molecule has 0 spiro atoms. The number of rotatable bonds is 6. The van der Waals surface area contributed by atoms with Gasteiger partial charge in [-0.3, -0.25) is 4.79 Å². The molecule has 0 bridgehead atoms. The van der Waals surface area contributed by atoms with Crippen molar-refractivity contribution in [3.05, 3.63) is 65.9 Å². The van der Waals surface area contributed by atoms with Crippen LogP contribution in [0.1, 0.15) is 30.5 Å². The van der Waals surface area contributed by atoms with Gasteiger partial charge in [-0.2, -0.15) is 0 Å². The number of benzene rings is 2. The van der Waals surface area contributed by atoms with Gasteiger partial charge in [0.25, 0.3) is 10.0 Å². The van der Waals surface area contributed by atoms with Crippen LogP contribution in [-0.4, -0.2) is 41.1 Å². The van der Waals surface area contributed by atoms with Gasteiger partial charge < -0.3 is 10.0 Å². The SMILES string of the molecule is Cc1ccc(S(=O)(=O)n2c(CCCN3C(=O)CCC3O)cc3ccccc32)cc1. The minimum atomic E-state index is -3.75. The van der Waals surface area contributed by atoms with Gasteiger partial charge in [0, 0.05) is 30.5 Å². The molecule has 2 heterocycles. The van der Waals surface area contributed by atoms with E-state index >= 15 is 0 Å². The minimum Gasteiger partial charge on any atom is -0.374 e. The Morgan fingerprint density at radius 3 is 2.52 bits per heavy atom. The van der Waals surface area contributed by atoms with Crippen LogP contribution in [0.5, 0.6) is 0 Å². The number of aliphatic hydroxyl groups excluding tert-OH is 1. The van der Waals surface area contributed by atoms with Crippen molar-refractivity contribution in [2.75, 3.05) is 6.54 Å². The second kappa shape index (κ2) is 7.65. The maximum Gasteiger partial charge on any atom is 0.268 e. The first-order valence-electron chi connectivity index (χ1n) is 9.77. The number of carbonyl (C=O) groups excluding carboxylic acids is 1. The van der Waals surface area contributed by atoms with Crippen LogP contribution in [-0.2, 0) is 21.2 Å². The Kier molecular flexibility index (Phi) is 5.19. The number of fused-ring (bicyclic) bond motifs is 1. The molecule has 1 amide bonds. The summed E-state index contributed by atoms with van der Waals surface area (Å²) in [6.07, 6.45) is 1.15. The molecule has 0 aliphatic carbocycles. The van der Waals surface area contributed by atoms with Crippen molar-refractivity contribution in [2.24, 2.45) is 0 Å². The number of amides is 1. The molecular weight excluding hydrogens is 388 g/mol. The standard InChI is InChI=1S/C22H24N2O4S/c1-16-8-10-19(11-9-16)29(27,28)24-18(15-17-5-2-3-7-20(17)24)6-4-14-23-21(25)12-13-22(23)26/h2-3,5,7-11,15,21,25H,4,6,12-14H2,1H3. The first-order valence-corrected chi connectivity index (χ1v) is 11.2. The number of aryl methyl sites for hydroxylation is 2. The highest BCUT2D eigenvalue weighted by molar-refractivity contribution is 7.90. The minimum absolute atomic E-state index is 0.0506. The molecule has 1 unspecified atom stereocenters. The highest BCUT2D eigenvalue weighted by Gasteiger charge is 2.29. The van der Waals surface area contributed by atoms with Crippen molar-refractivity contribution in [3.8, 4) is 0 Å². The average Bonchev–Trinajstić information content (AvgIpc) is 3.23. The van der Waals surface area contributed by atoms with Crippen molar-refractivity contribution in [1.29, 1.82) is 0 Å². The summed E-state index contributed by atoms with van der Waals surface area (Å²) in [5.41, 5.74) is 2.31. The highest BCUT2D eigenvalue weighted by Crippen LogP contribution is 2.27. The molecule has 1 fully saturated rings. The number of likely N-dealkylation sites (tertiary alicyclic amines) is 1. The predicted octanol–water partition coefficient (Wildman–Crippen LogP) is 3.06. The smallest absolute Gasteiger partial charge is 0.268 e. The molecule has 152 valence electrons. The van der Waals surface area contributed by atoms with Gasteiger partial charge in [0.05, 0.1) is 10.4 Å². The highest BCUT2D eigenvalue weighted by atomic mass is 32.2. The Morgan fingerprint density at radius 2 is 1.83 bits per heavy atom. The summed E-state index contributed by atoms with van der Waals surface area (Å²) in [5, 5.41) is 10.8. The molecule has 1 aromatic heterocycles. The molecule has 2 aromatic carbocycles. The van der Waals surface area contributed by atoms with Gasteiger partial charge in [0.1, 0.15) is 6.23 Å². The van der Waals surface area contributed by atoms with Crippen LogP contribution in [0, 0.1) is 6.92 Å². The number of hydrogen-bond acceptors (Lipinski definition) is 4. The maximum absolute atomic E-state index is 13.4. The Bertz CT molecular complexity index is 1150. The van der Waals surface area contributed by atoms with E-state index in [0.29, 0.717) is 43.4 Å². The Labute approximate surface area is 170 Å². The summed E-state index contributed by atoms with van der Waals surface area (Å²) in [4.78, 5) is 13.6. The fourth-order valence-electron chi connectivity index (χ4n) is 3.88. The summed E-state index contributed by atoms with van der Waals surface area (Å²) >= 11 is 0. The average molecular weight is 413 g/mol. The predicted molar refractivity (Wildman–Crippen MR) is 111 cm³/mol. The van der Waals surface area contributed by atoms with E-state index in [2.05, 4.69) is 0 Å². The Morgan fingerprint density at radius 1 is 1.10 bits per heavy atom. The van der Waals surface area contributed by atoms with E-state index < -0.39 is 16.3 Å². The molecule has 1 aliphatic rings. The third-order valence-electron chi connectivity index (χ3n) is 5.43.